The first-order valence-corrected chi connectivity index (χ1v) is 15.4. The van der Waals surface area contributed by atoms with Crippen LogP contribution >= 0.6 is 22.9 Å². The van der Waals surface area contributed by atoms with Crippen molar-refractivity contribution >= 4 is 54.2 Å². The minimum absolute atomic E-state index is 0.0315. The van der Waals surface area contributed by atoms with E-state index in [2.05, 4.69) is 4.90 Å². The van der Waals surface area contributed by atoms with Crippen LogP contribution in [0.15, 0.2) is 47.4 Å². The van der Waals surface area contributed by atoms with Crippen molar-refractivity contribution in [1.29, 1.82) is 0 Å². The van der Waals surface area contributed by atoms with Crippen LogP contribution in [-0.2, 0) is 19.6 Å². The van der Waals surface area contributed by atoms with Crippen molar-refractivity contribution in [3.05, 3.63) is 53.3 Å². The fourth-order valence-corrected chi connectivity index (χ4v) is 7.64. The average Bonchev–Trinajstić information content (AvgIpc) is 3.34. The Bertz CT molecular complexity index is 1370. The molecule has 1 aromatic heterocycles. The summed E-state index contributed by atoms with van der Waals surface area (Å²) in [5, 5.41) is 1.25. The zero-order chi connectivity index (χ0) is 26.7. The van der Waals surface area contributed by atoms with Gasteiger partial charge in [0.2, 0.25) is 15.9 Å². The molecule has 2 saturated heterocycles. The number of sulfonamides is 1. The van der Waals surface area contributed by atoms with Gasteiger partial charge in [0.15, 0.2) is 5.13 Å². The van der Waals surface area contributed by atoms with E-state index in [0.29, 0.717) is 29.5 Å². The van der Waals surface area contributed by atoms with Gasteiger partial charge in [-0.2, -0.15) is 4.31 Å². The molecule has 8 nitrogen and oxygen atoms in total. The Morgan fingerprint density at radius 3 is 2.53 bits per heavy atom. The molecule has 0 aliphatic carbocycles. The standard InChI is InChI=1S/C26H30ClFN4O4S2/c27-20-2-7-23-24(18-20)37-26(29-23)32(11-1-10-30-14-16-36-17-15-30)25(33)19-8-12-31(13-9-19)38(34,35)22-5-3-21(28)4-6-22/h2-7,18-19H,1,8-17H2. The van der Waals surface area contributed by atoms with Gasteiger partial charge in [-0.15, -0.1) is 0 Å². The second-order valence-corrected chi connectivity index (χ2v) is 12.9. The molecule has 12 heteroatoms. The summed E-state index contributed by atoms with van der Waals surface area (Å²) in [4.78, 5) is 22.7. The fourth-order valence-electron chi connectivity index (χ4n) is 4.90. The zero-order valence-corrected chi connectivity index (χ0v) is 23.3. The predicted molar refractivity (Wildman–Crippen MR) is 147 cm³/mol. The molecule has 0 radical (unpaired) electrons. The quantitative estimate of drug-likeness (QED) is 0.396. The molecule has 0 N–H and O–H groups in total. The predicted octanol–water partition coefficient (Wildman–Crippen LogP) is 4.25. The van der Waals surface area contributed by atoms with Gasteiger partial charge in [-0.3, -0.25) is 14.6 Å². The summed E-state index contributed by atoms with van der Waals surface area (Å²) in [5.41, 5.74) is 0.792. The number of carbonyl (C=O) groups excluding carboxylic acids is 1. The Labute approximate surface area is 231 Å². The van der Waals surface area contributed by atoms with Crippen LogP contribution in [0.3, 0.4) is 0 Å². The summed E-state index contributed by atoms with van der Waals surface area (Å²) < 4.78 is 47.1. The van der Waals surface area contributed by atoms with Gasteiger partial charge in [-0.1, -0.05) is 22.9 Å². The van der Waals surface area contributed by atoms with E-state index in [0.717, 1.165) is 61.6 Å². The van der Waals surface area contributed by atoms with Gasteiger partial charge in [0.1, 0.15) is 5.82 Å². The molecule has 3 aromatic rings. The molecule has 2 aliphatic rings. The number of piperidine rings is 1. The van der Waals surface area contributed by atoms with Crippen molar-refractivity contribution in [1.82, 2.24) is 14.2 Å². The molecule has 38 heavy (non-hydrogen) atoms. The highest BCUT2D eigenvalue weighted by atomic mass is 35.5. The van der Waals surface area contributed by atoms with Gasteiger partial charge in [0.25, 0.3) is 0 Å². The molecule has 0 atom stereocenters. The monoisotopic (exact) mass is 580 g/mol. The van der Waals surface area contributed by atoms with Gasteiger partial charge in [-0.25, -0.2) is 17.8 Å². The Hall–Kier alpha value is -2.15. The SMILES string of the molecule is O=C(C1CCN(S(=O)(=O)c2ccc(F)cc2)CC1)N(CCCN1CCOCC1)c1nc2ccc(Cl)cc2s1. The minimum Gasteiger partial charge on any atom is -0.379 e. The van der Waals surface area contributed by atoms with E-state index in [1.165, 1.54) is 27.8 Å². The van der Waals surface area contributed by atoms with E-state index >= 15 is 0 Å². The average molecular weight is 581 g/mol. The number of anilines is 1. The molecular formula is C26H30ClFN4O4S2. The Balaban J connectivity index is 1.29. The van der Waals surface area contributed by atoms with Crippen LogP contribution in [0.2, 0.25) is 5.02 Å². The first kappa shape index (κ1) is 27.4. The van der Waals surface area contributed by atoms with Crippen LogP contribution in [-0.4, -0.2) is 81.0 Å². The summed E-state index contributed by atoms with van der Waals surface area (Å²) in [7, 11) is -3.75. The van der Waals surface area contributed by atoms with Crippen molar-refractivity contribution in [2.45, 2.75) is 24.2 Å². The molecule has 5 rings (SSSR count). The Morgan fingerprint density at radius 2 is 1.82 bits per heavy atom. The van der Waals surface area contributed by atoms with Crippen LogP contribution in [0, 0.1) is 11.7 Å². The maximum Gasteiger partial charge on any atom is 0.243 e. The maximum atomic E-state index is 13.8. The molecule has 2 aliphatic heterocycles. The van der Waals surface area contributed by atoms with Crippen LogP contribution in [0.25, 0.3) is 10.2 Å². The van der Waals surface area contributed by atoms with Crippen molar-refractivity contribution in [3.63, 3.8) is 0 Å². The molecule has 3 heterocycles. The third-order valence-corrected chi connectivity index (χ3v) is 10.2. The number of ether oxygens (including phenoxy) is 1. The van der Waals surface area contributed by atoms with E-state index in [-0.39, 0.29) is 29.8 Å². The normalized spacial score (nSPS) is 18.2. The van der Waals surface area contributed by atoms with Crippen LogP contribution in [0.5, 0.6) is 0 Å². The largest absolute Gasteiger partial charge is 0.379 e. The third kappa shape index (κ3) is 6.19. The van der Waals surface area contributed by atoms with Crippen LogP contribution in [0.4, 0.5) is 9.52 Å². The fraction of sp³-hybridized carbons (Fsp3) is 0.462. The number of fused-ring (bicyclic) bond motifs is 1. The zero-order valence-electron chi connectivity index (χ0n) is 20.9. The first-order chi connectivity index (χ1) is 18.3. The van der Waals surface area contributed by atoms with Gasteiger partial charge in [-0.05, 0) is 61.7 Å². The van der Waals surface area contributed by atoms with Crippen LogP contribution < -0.4 is 4.90 Å². The lowest BCUT2D eigenvalue weighted by atomic mass is 9.96. The Kier molecular flexibility index (Phi) is 8.61. The number of nitrogens with zero attached hydrogens (tertiary/aromatic N) is 4. The number of carbonyl (C=O) groups is 1. The van der Waals surface area contributed by atoms with Gasteiger partial charge >= 0.3 is 0 Å². The molecule has 1 amide bonds. The summed E-state index contributed by atoms with van der Waals surface area (Å²) in [6.07, 6.45) is 1.62. The number of hydrogen-bond acceptors (Lipinski definition) is 7. The molecule has 2 fully saturated rings. The third-order valence-electron chi connectivity index (χ3n) is 7.05. The molecular weight excluding hydrogens is 551 g/mol. The molecule has 0 spiro atoms. The van der Waals surface area contributed by atoms with Gasteiger partial charge < -0.3 is 4.74 Å². The second-order valence-electron chi connectivity index (χ2n) is 9.54. The van der Waals surface area contributed by atoms with Gasteiger partial charge in [0.05, 0.1) is 28.3 Å². The van der Waals surface area contributed by atoms with E-state index in [4.69, 9.17) is 21.3 Å². The summed E-state index contributed by atoms with van der Waals surface area (Å²) in [5.74, 6) is -0.830. The number of amides is 1. The van der Waals surface area contributed by atoms with Crippen molar-refractivity contribution in [2.75, 3.05) is 57.4 Å². The highest BCUT2D eigenvalue weighted by molar-refractivity contribution is 7.89. The van der Waals surface area contributed by atoms with Crippen molar-refractivity contribution in [2.24, 2.45) is 5.92 Å². The topological polar surface area (TPSA) is 83.1 Å². The lowest BCUT2D eigenvalue weighted by Crippen LogP contribution is -2.45. The number of hydrogen-bond donors (Lipinski definition) is 0. The van der Waals surface area contributed by atoms with Gasteiger partial charge in [0, 0.05) is 50.2 Å². The maximum absolute atomic E-state index is 13.8. The number of benzene rings is 2. The van der Waals surface area contributed by atoms with E-state index in [1.807, 2.05) is 12.1 Å². The summed E-state index contributed by atoms with van der Waals surface area (Å²) in [6.45, 7) is 5.06. The Morgan fingerprint density at radius 1 is 1.11 bits per heavy atom. The van der Waals surface area contributed by atoms with E-state index in [1.54, 1.807) is 11.0 Å². The van der Waals surface area contributed by atoms with Crippen molar-refractivity contribution < 1.29 is 22.3 Å². The number of rotatable bonds is 8. The van der Waals surface area contributed by atoms with Crippen LogP contribution in [0.1, 0.15) is 19.3 Å². The number of aromatic nitrogens is 1. The van der Waals surface area contributed by atoms with Crippen molar-refractivity contribution in [3.8, 4) is 0 Å². The number of halogens is 2. The lowest BCUT2D eigenvalue weighted by molar-refractivity contribution is -0.123. The molecule has 204 valence electrons. The minimum atomic E-state index is -3.75. The first-order valence-electron chi connectivity index (χ1n) is 12.7. The summed E-state index contributed by atoms with van der Waals surface area (Å²) in [6, 6.07) is 10.3. The second kappa shape index (κ2) is 11.9. The van der Waals surface area contributed by atoms with E-state index < -0.39 is 15.8 Å². The highest BCUT2D eigenvalue weighted by Crippen LogP contribution is 2.33. The molecule has 0 saturated carbocycles. The highest BCUT2D eigenvalue weighted by Gasteiger charge is 2.35. The molecule has 0 bridgehead atoms. The lowest BCUT2D eigenvalue weighted by Gasteiger charge is -2.33. The summed E-state index contributed by atoms with van der Waals surface area (Å²) >= 11 is 7.61. The smallest absolute Gasteiger partial charge is 0.243 e. The molecule has 2 aromatic carbocycles. The van der Waals surface area contributed by atoms with E-state index in [9.17, 15) is 17.6 Å². The number of morpholine rings is 1. The number of thiazole rings is 1. The molecule has 0 unspecified atom stereocenters.